The summed E-state index contributed by atoms with van der Waals surface area (Å²) in [6, 6.07) is 0. The van der Waals surface area contributed by atoms with E-state index in [1.54, 1.807) is 0 Å². The van der Waals surface area contributed by atoms with Crippen molar-refractivity contribution in [1.29, 1.82) is 0 Å². The molecule has 0 saturated carbocycles. The van der Waals surface area contributed by atoms with E-state index in [4.69, 9.17) is 0 Å². The lowest BCUT2D eigenvalue weighted by atomic mass is 10.1. The van der Waals surface area contributed by atoms with Crippen molar-refractivity contribution < 1.29 is 9.59 Å². The van der Waals surface area contributed by atoms with Gasteiger partial charge < -0.3 is 19.6 Å². The molecule has 64 heavy (non-hydrogen) atoms. The minimum Gasteiger partial charge on any atom is -0.339 e. The Balaban J connectivity index is 2.73. The normalized spacial score (nSPS) is 13.4. The maximum absolute atomic E-state index is 14.0. The maximum atomic E-state index is 14.0. The monoisotopic (exact) mass is 902 g/mol. The fraction of sp³-hybridized carbons (Fsp3) is 0.965. The van der Waals surface area contributed by atoms with Gasteiger partial charge in [-0.25, -0.2) is 0 Å². The molecule has 1 aliphatic rings. The molecule has 0 aromatic heterocycles. The molecule has 0 aliphatic carbocycles. The highest BCUT2D eigenvalue weighted by Gasteiger charge is 2.26. The molecule has 0 radical (unpaired) electrons. The van der Waals surface area contributed by atoms with Gasteiger partial charge in [-0.15, -0.1) is 0 Å². The van der Waals surface area contributed by atoms with Gasteiger partial charge in [-0.1, -0.05) is 234 Å². The number of hydrogen-bond acceptors (Lipinski definition) is 5. The van der Waals surface area contributed by atoms with Gasteiger partial charge in [-0.2, -0.15) is 0 Å². The molecular formula is C57H115N5O2. The highest BCUT2D eigenvalue weighted by atomic mass is 16.2. The van der Waals surface area contributed by atoms with Crippen LogP contribution in [0.4, 0.5) is 0 Å². The Morgan fingerprint density at radius 3 is 0.828 bits per heavy atom. The van der Waals surface area contributed by atoms with Crippen LogP contribution in [-0.4, -0.2) is 121 Å². The van der Waals surface area contributed by atoms with Crippen molar-refractivity contribution in [1.82, 2.24) is 24.5 Å². The van der Waals surface area contributed by atoms with Crippen molar-refractivity contribution in [2.75, 3.05) is 85.1 Å². The van der Waals surface area contributed by atoms with E-state index in [1.165, 1.54) is 244 Å². The third-order valence-corrected chi connectivity index (χ3v) is 14.4. The van der Waals surface area contributed by atoms with E-state index in [-0.39, 0.29) is 11.8 Å². The van der Waals surface area contributed by atoms with Gasteiger partial charge in [-0.05, 0) is 64.8 Å². The number of carbonyl (C=O) groups excluding carboxylic acids is 2. The predicted octanol–water partition coefficient (Wildman–Crippen LogP) is 15.1. The molecule has 1 saturated heterocycles. The second-order valence-electron chi connectivity index (χ2n) is 20.4. The lowest BCUT2D eigenvalue weighted by Gasteiger charge is -2.36. The Bertz CT molecular complexity index is 969. The number of rotatable bonds is 49. The van der Waals surface area contributed by atoms with Gasteiger partial charge in [0, 0.05) is 52.2 Å². The number of amides is 2. The van der Waals surface area contributed by atoms with Crippen molar-refractivity contribution in [2.24, 2.45) is 0 Å². The second-order valence-corrected chi connectivity index (χ2v) is 20.4. The van der Waals surface area contributed by atoms with Crippen LogP contribution in [0.15, 0.2) is 0 Å². The van der Waals surface area contributed by atoms with E-state index in [2.05, 4.69) is 59.1 Å². The zero-order valence-corrected chi connectivity index (χ0v) is 44.4. The molecule has 1 aliphatic heterocycles. The van der Waals surface area contributed by atoms with Crippen LogP contribution in [0.25, 0.3) is 0 Å². The summed E-state index contributed by atoms with van der Waals surface area (Å²) >= 11 is 0. The number of nitrogens with zero attached hydrogens (tertiary/aromatic N) is 5. The molecule has 7 nitrogen and oxygen atoms in total. The molecular weight excluding hydrogens is 787 g/mol. The van der Waals surface area contributed by atoms with Gasteiger partial charge in [0.15, 0.2) is 0 Å². The number of unbranched alkanes of at least 4 members (excludes halogenated alkanes) is 31. The van der Waals surface area contributed by atoms with Crippen LogP contribution < -0.4 is 0 Å². The summed E-state index contributed by atoms with van der Waals surface area (Å²) in [4.78, 5) is 39.6. The Hall–Kier alpha value is -1.18. The molecule has 380 valence electrons. The van der Waals surface area contributed by atoms with Crippen LogP contribution in [-0.2, 0) is 9.59 Å². The highest BCUT2D eigenvalue weighted by molar-refractivity contribution is 5.79. The third-order valence-electron chi connectivity index (χ3n) is 14.4. The molecule has 1 heterocycles. The van der Waals surface area contributed by atoms with Crippen molar-refractivity contribution in [3.63, 3.8) is 0 Å². The van der Waals surface area contributed by atoms with Gasteiger partial charge in [-0.3, -0.25) is 14.5 Å². The summed E-state index contributed by atoms with van der Waals surface area (Å²) in [7, 11) is 0. The van der Waals surface area contributed by atoms with Crippen molar-refractivity contribution in [2.45, 2.75) is 272 Å². The van der Waals surface area contributed by atoms with E-state index in [9.17, 15) is 9.59 Å². The van der Waals surface area contributed by atoms with Gasteiger partial charge in [0.25, 0.3) is 0 Å². The molecule has 7 heteroatoms. The van der Waals surface area contributed by atoms with Crippen molar-refractivity contribution in [3.05, 3.63) is 0 Å². The van der Waals surface area contributed by atoms with Crippen LogP contribution in [0.1, 0.15) is 272 Å². The largest absolute Gasteiger partial charge is 0.339 e. The number of piperazine rings is 1. The fourth-order valence-corrected chi connectivity index (χ4v) is 9.77. The second kappa shape index (κ2) is 46.9. The van der Waals surface area contributed by atoms with Crippen LogP contribution in [0.2, 0.25) is 0 Å². The van der Waals surface area contributed by atoms with Gasteiger partial charge >= 0.3 is 0 Å². The first-order chi connectivity index (χ1) is 31.5. The van der Waals surface area contributed by atoms with Crippen LogP contribution in [0.5, 0.6) is 0 Å². The van der Waals surface area contributed by atoms with E-state index >= 15 is 0 Å². The number of hydrogen-bond donors (Lipinski definition) is 0. The smallest absolute Gasteiger partial charge is 0.236 e. The van der Waals surface area contributed by atoms with Gasteiger partial charge in [0.2, 0.25) is 11.8 Å². The van der Waals surface area contributed by atoms with E-state index in [0.29, 0.717) is 39.1 Å². The lowest BCUT2D eigenvalue weighted by Crippen LogP contribution is -2.53. The summed E-state index contributed by atoms with van der Waals surface area (Å²) < 4.78 is 0. The third kappa shape index (κ3) is 36.9. The molecule has 0 unspecified atom stereocenters. The summed E-state index contributed by atoms with van der Waals surface area (Å²) in [5.74, 6) is 0.558. The Labute approximate surface area is 401 Å². The molecule has 0 N–H and O–H groups in total. The standard InChI is InChI=1S/C57H115N5O2/c1-6-11-16-21-26-31-35-38-44-58(43-37-32-27-22-17-12-7-2)48-42-56(63)61-51-53-62(54-52-61)57(64)55-60(47-41-36-30-25-20-15-10-5)50-49-59(45-39-33-28-23-18-13-8-3)46-40-34-29-24-19-14-9-4/h6-55H2,1-5H3. The topological polar surface area (TPSA) is 50.3 Å². The Morgan fingerprint density at radius 1 is 0.281 bits per heavy atom. The molecule has 0 aromatic carbocycles. The summed E-state index contributed by atoms with van der Waals surface area (Å²) in [6.07, 6.45) is 48.8. The van der Waals surface area contributed by atoms with Crippen molar-refractivity contribution >= 4 is 11.8 Å². The Morgan fingerprint density at radius 2 is 0.516 bits per heavy atom. The molecule has 0 aromatic rings. The average molecular weight is 903 g/mol. The van der Waals surface area contributed by atoms with Crippen LogP contribution >= 0.6 is 0 Å². The first-order valence-electron chi connectivity index (χ1n) is 29.2. The van der Waals surface area contributed by atoms with Crippen molar-refractivity contribution in [3.8, 4) is 0 Å². The van der Waals surface area contributed by atoms with Crippen LogP contribution in [0.3, 0.4) is 0 Å². The zero-order valence-electron chi connectivity index (χ0n) is 44.4. The molecule has 2 amide bonds. The Kier molecular flexibility index (Phi) is 44.6. The number of carbonyl (C=O) groups is 2. The maximum Gasteiger partial charge on any atom is 0.236 e. The molecule has 0 atom stereocenters. The van der Waals surface area contributed by atoms with Gasteiger partial charge in [0.1, 0.15) is 0 Å². The quantitative estimate of drug-likeness (QED) is 0.0570. The minimum absolute atomic E-state index is 0.270. The first-order valence-corrected chi connectivity index (χ1v) is 29.2. The molecule has 0 bridgehead atoms. The van der Waals surface area contributed by atoms with E-state index in [1.807, 2.05) is 0 Å². The van der Waals surface area contributed by atoms with E-state index in [0.717, 1.165) is 39.3 Å². The predicted molar refractivity (Wildman–Crippen MR) is 282 cm³/mol. The highest BCUT2D eigenvalue weighted by Crippen LogP contribution is 2.15. The molecule has 1 fully saturated rings. The SMILES string of the molecule is CCCCCCCCCCN(CCCCCCCCC)CCC(=O)N1CCN(C(=O)CN(CCCCCCCCC)CCN(CCCCCCCCC)CCCCCCCCC)CC1. The zero-order chi connectivity index (χ0) is 46.4. The summed E-state index contributed by atoms with van der Waals surface area (Å²) in [5.41, 5.74) is 0. The van der Waals surface area contributed by atoms with Gasteiger partial charge in [0.05, 0.1) is 6.54 Å². The fourth-order valence-electron chi connectivity index (χ4n) is 9.77. The lowest BCUT2D eigenvalue weighted by molar-refractivity contribution is -0.140. The summed E-state index contributed by atoms with van der Waals surface area (Å²) in [6.45, 7) is 23.4. The molecule has 0 spiro atoms. The van der Waals surface area contributed by atoms with E-state index < -0.39 is 0 Å². The minimum atomic E-state index is 0.270. The summed E-state index contributed by atoms with van der Waals surface area (Å²) in [5, 5.41) is 0. The average Bonchev–Trinajstić information content (AvgIpc) is 3.31. The molecule has 1 rings (SSSR count). The first kappa shape index (κ1) is 60.8. The van der Waals surface area contributed by atoms with Crippen LogP contribution in [0, 0.1) is 0 Å².